The van der Waals surface area contributed by atoms with Crippen LogP contribution in [0.1, 0.15) is 16.8 Å². The summed E-state index contributed by atoms with van der Waals surface area (Å²) in [6, 6.07) is 21.9. The molecule has 1 amide bonds. The van der Waals surface area contributed by atoms with Crippen molar-refractivity contribution in [3.05, 3.63) is 102 Å². The summed E-state index contributed by atoms with van der Waals surface area (Å²) >= 11 is 0. The van der Waals surface area contributed by atoms with Crippen LogP contribution in [-0.2, 0) is 24.2 Å². The standard InChI is InChI=1S/C22H21FN2O/c23-20-11-9-19(10-12-20)16-22(26)25(17-21-8-4-5-14-24-21)15-13-18-6-2-1-3-7-18/h1-12,14H,13,15-17H2. The Bertz CT molecular complexity index is 820. The summed E-state index contributed by atoms with van der Waals surface area (Å²) in [5, 5.41) is 0. The lowest BCUT2D eigenvalue weighted by molar-refractivity contribution is -0.131. The number of aromatic nitrogens is 1. The molecular formula is C22H21FN2O. The highest BCUT2D eigenvalue weighted by Gasteiger charge is 2.15. The van der Waals surface area contributed by atoms with Crippen molar-refractivity contribution in [2.24, 2.45) is 0 Å². The molecular weight excluding hydrogens is 327 g/mol. The smallest absolute Gasteiger partial charge is 0.227 e. The van der Waals surface area contributed by atoms with Gasteiger partial charge in [0, 0.05) is 12.7 Å². The van der Waals surface area contributed by atoms with E-state index >= 15 is 0 Å². The fourth-order valence-electron chi connectivity index (χ4n) is 2.78. The molecule has 3 aromatic rings. The molecule has 0 aliphatic carbocycles. The second-order valence-corrected chi connectivity index (χ2v) is 6.18. The first kappa shape index (κ1) is 17.8. The number of carbonyl (C=O) groups excluding carboxylic acids is 1. The van der Waals surface area contributed by atoms with Crippen LogP contribution in [0.5, 0.6) is 0 Å². The van der Waals surface area contributed by atoms with E-state index in [9.17, 15) is 9.18 Å². The second kappa shape index (κ2) is 8.90. The van der Waals surface area contributed by atoms with Crippen LogP contribution in [0.2, 0.25) is 0 Å². The average molecular weight is 348 g/mol. The predicted molar refractivity (Wildman–Crippen MR) is 99.9 cm³/mol. The van der Waals surface area contributed by atoms with Crippen molar-refractivity contribution in [3.63, 3.8) is 0 Å². The zero-order chi connectivity index (χ0) is 18.2. The van der Waals surface area contributed by atoms with Crippen LogP contribution in [0.25, 0.3) is 0 Å². The van der Waals surface area contributed by atoms with Crippen LogP contribution in [0.15, 0.2) is 79.0 Å². The van der Waals surface area contributed by atoms with Crippen LogP contribution in [0.4, 0.5) is 4.39 Å². The van der Waals surface area contributed by atoms with Crippen molar-refractivity contribution in [2.75, 3.05) is 6.54 Å². The Morgan fingerprint density at radius 3 is 2.31 bits per heavy atom. The predicted octanol–water partition coefficient (Wildman–Crippen LogP) is 4.03. The molecule has 0 N–H and O–H groups in total. The molecule has 132 valence electrons. The summed E-state index contributed by atoms with van der Waals surface area (Å²) < 4.78 is 13.1. The molecule has 0 fully saturated rings. The Labute approximate surface area is 153 Å². The normalized spacial score (nSPS) is 10.5. The van der Waals surface area contributed by atoms with Gasteiger partial charge < -0.3 is 4.90 Å². The van der Waals surface area contributed by atoms with Crippen LogP contribution in [0, 0.1) is 5.82 Å². The minimum atomic E-state index is -0.296. The van der Waals surface area contributed by atoms with E-state index in [0.717, 1.165) is 17.7 Å². The van der Waals surface area contributed by atoms with Gasteiger partial charge in [0.2, 0.25) is 5.91 Å². The van der Waals surface area contributed by atoms with Crippen molar-refractivity contribution in [1.82, 2.24) is 9.88 Å². The minimum absolute atomic E-state index is 0.0122. The number of halogens is 1. The van der Waals surface area contributed by atoms with Gasteiger partial charge in [-0.2, -0.15) is 0 Å². The van der Waals surface area contributed by atoms with E-state index in [-0.39, 0.29) is 18.1 Å². The number of rotatable bonds is 7. The van der Waals surface area contributed by atoms with Gasteiger partial charge in [-0.3, -0.25) is 9.78 Å². The molecule has 0 atom stereocenters. The number of carbonyl (C=O) groups is 1. The SMILES string of the molecule is O=C(Cc1ccc(F)cc1)N(CCc1ccccc1)Cc1ccccn1. The first-order chi connectivity index (χ1) is 12.7. The maximum Gasteiger partial charge on any atom is 0.227 e. The maximum atomic E-state index is 13.1. The third kappa shape index (κ3) is 5.24. The summed E-state index contributed by atoms with van der Waals surface area (Å²) in [4.78, 5) is 19.0. The lowest BCUT2D eigenvalue weighted by Gasteiger charge is -2.23. The second-order valence-electron chi connectivity index (χ2n) is 6.18. The highest BCUT2D eigenvalue weighted by atomic mass is 19.1. The molecule has 0 saturated carbocycles. The topological polar surface area (TPSA) is 33.2 Å². The maximum absolute atomic E-state index is 13.1. The third-order valence-electron chi connectivity index (χ3n) is 4.21. The molecule has 26 heavy (non-hydrogen) atoms. The molecule has 0 radical (unpaired) electrons. The number of hydrogen-bond acceptors (Lipinski definition) is 2. The van der Waals surface area contributed by atoms with Crippen LogP contribution >= 0.6 is 0 Å². The van der Waals surface area contributed by atoms with Crippen molar-refractivity contribution < 1.29 is 9.18 Å². The molecule has 2 aromatic carbocycles. The van der Waals surface area contributed by atoms with Crippen LogP contribution < -0.4 is 0 Å². The number of benzene rings is 2. The van der Waals surface area contributed by atoms with E-state index in [4.69, 9.17) is 0 Å². The van der Waals surface area contributed by atoms with E-state index < -0.39 is 0 Å². The van der Waals surface area contributed by atoms with Crippen molar-refractivity contribution in [3.8, 4) is 0 Å². The van der Waals surface area contributed by atoms with Crippen molar-refractivity contribution in [1.29, 1.82) is 0 Å². The fourth-order valence-corrected chi connectivity index (χ4v) is 2.78. The van der Waals surface area contributed by atoms with Crippen LogP contribution in [0.3, 0.4) is 0 Å². The monoisotopic (exact) mass is 348 g/mol. The Morgan fingerprint density at radius 1 is 0.885 bits per heavy atom. The number of pyridine rings is 1. The van der Waals surface area contributed by atoms with E-state index in [1.54, 1.807) is 18.3 Å². The number of amides is 1. The molecule has 0 spiro atoms. The molecule has 0 unspecified atom stereocenters. The Morgan fingerprint density at radius 2 is 1.62 bits per heavy atom. The molecule has 4 heteroatoms. The number of hydrogen-bond donors (Lipinski definition) is 0. The average Bonchev–Trinajstić information content (AvgIpc) is 2.68. The first-order valence-electron chi connectivity index (χ1n) is 8.67. The van der Waals surface area contributed by atoms with Crippen molar-refractivity contribution in [2.45, 2.75) is 19.4 Å². The van der Waals surface area contributed by atoms with E-state index in [0.29, 0.717) is 13.1 Å². The molecule has 1 heterocycles. The van der Waals surface area contributed by atoms with E-state index in [2.05, 4.69) is 17.1 Å². The lowest BCUT2D eigenvalue weighted by Crippen LogP contribution is -2.34. The van der Waals surface area contributed by atoms with Gasteiger partial charge in [-0.25, -0.2) is 4.39 Å². The van der Waals surface area contributed by atoms with Crippen LogP contribution in [-0.4, -0.2) is 22.3 Å². The lowest BCUT2D eigenvalue weighted by atomic mass is 10.1. The van der Waals surface area contributed by atoms with Gasteiger partial charge in [0.25, 0.3) is 0 Å². The molecule has 0 aliphatic heterocycles. The van der Waals surface area contributed by atoms with Gasteiger partial charge in [-0.1, -0.05) is 48.5 Å². The third-order valence-corrected chi connectivity index (χ3v) is 4.21. The van der Waals surface area contributed by atoms with Gasteiger partial charge >= 0.3 is 0 Å². The van der Waals surface area contributed by atoms with Gasteiger partial charge in [-0.05, 0) is 41.8 Å². The zero-order valence-electron chi connectivity index (χ0n) is 14.5. The fraction of sp³-hybridized carbons (Fsp3) is 0.182. The molecule has 0 aliphatic rings. The first-order valence-corrected chi connectivity index (χ1v) is 8.67. The summed E-state index contributed by atoms with van der Waals surface area (Å²) in [6.07, 6.45) is 2.76. The summed E-state index contributed by atoms with van der Waals surface area (Å²) in [7, 11) is 0. The highest BCUT2D eigenvalue weighted by molar-refractivity contribution is 5.78. The van der Waals surface area contributed by atoms with Gasteiger partial charge in [0.1, 0.15) is 5.82 Å². The Kier molecular flexibility index (Phi) is 6.09. The molecule has 3 nitrogen and oxygen atoms in total. The Hall–Kier alpha value is -3.01. The summed E-state index contributed by atoms with van der Waals surface area (Å²) in [5.74, 6) is -0.284. The van der Waals surface area contributed by atoms with Gasteiger partial charge in [0.15, 0.2) is 0 Å². The zero-order valence-corrected chi connectivity index (χ0v) is 14.5. The van der Waals surface area contributed by atoms with Gasteiger partial charge in [-0.15, -0.1) is 0 Å². The molecule has 3 rings (SSSR count). The van der Waals surface area contributed by atoms with E-state index in [1.807, 2.05) is 41.3 Å². The number of nitrogens with zero attached hydrogens (tertiary/aromatic N) is 2. The largest absolute Gasteiger partial charge is 0.336 e. The minimum Gasteiger partial charge on any atom is -0.336 e. The quantitative estimate of drug-likeness (QED) is 0.646. The summed E-state index contributed by atoms with van der Waals surface area (Å²) in [5.41, 5.74) is 2.85. The molecule has 0 saturated heterocycles. The highest BCUT2D eigenvalue weighted by Crippen LogP contribution is 2.10. The molecule has 1 aromatic heterocycles. The molecule has 0 bridgehead atoms. The summed E-state index contributed by atoms with van der Waals surface area (Å²) in [6.45, 7) is 1.08. The van der Waals surface area contributed by atoms with E-state index in [1.165, 1.54) is 17.7 Å². The van der Waals surface area contributed by atoms with Gasteiger partial charge in [0.05, 0.1) is 18.7 Å². The Balaban J connectivity index is 1.70. The van der Waals surface area contributed by atoms with Crippen molar-refractivity contribution >= 4 is 5.91 Å².